The molecule has 0 heterocycles. The van der Waals surface area contributed by atoms with E-state index in [1.807, 2.05) is 0 Å². The van der Waals surface area contributed by atoms with Gasteiger partial charge in [-0.05, 0) is 43.4 Å². The van der Waals surface area contributed by atoms with Crippen LogP contribution in [0, 0.1) is 13.8 Å². The second-order valence-corrected chi connectivity index (χ2v) is 5.17. The highest BCUT2D eigenvalue weighted by Gasteiger charge is 2.19. The lowest BCUT2D eigenvalue weighted by atomic mass is 10.1. The molecule has 3 nitrogen and oxygen atoms in total. The van der Waals surface area contributed by atoms with Crippen LogP contribution in [0.5, 0.6) is 5.75 Å². The van der Waals surface area contributed by atoms with Crippen molar-refractivity contribution in [2.75, 3.05) is 20.2 Å². The maximum absolute atomic E-state index is 5.38. The van der Waals surface area contributed by atoms with Gasteiger partial charge in [0.05, 0.1) is 7.11 Å². The molecule has 1 aliphatic carbocycles. The molecule has 0 amide bonds. The first-order valence-corrected chi connectivity index (χ1v) is 6.79. The molecule has 0 aliphatic heterocycles. The van der Waals surface area contributed by atoms with Crippen LogP contribution in [0.15, 0.2) is 12.1 Å². The smallest absolute Gasteiger partial charge is 0.124 e. The molecule has 0 atom stereocenters. The lowest BCUT2D eigenvalue weighted by Crippen LogP contribution is -2.28. The van der Waals surface area contributed by atoms with Crippen molar-refractivity contribution in [2.24, 2.45) is 0 Å². The van der Waals surface area contributed by atoms with Crippen LogP contribution < -0.4 is 15.4 Å². The molecule has 2 N–H and O–H groups in total. The van der Waals surface area contributed by atoms with E-state index in [1.165, 1.54) is 29.5 Å². The first kappa shape index (κ1) is 13.4. The van der Waals surface area contributed by atoms with E-state index in [0.717, 1.165) is 31.4 Å². The summed E-state index contributed by atoms with van der Waals surface area (Å²) < 4.78 is 5.38. The predicted molar refractivity (Wildman–Crippen MR) is 75.2 cm³/mol. The monoisotopic (exact) mass is 248 g/mol. The summed E-state index contributed by atoms with van der Waals surface area (Å²) in [5.41, 5.74) is 3.76. The fourth-order valence-corrected chi connectivity index (χ4v) is 2.35. The standard InChI is InChI=1S/C15H24N2O/c1-11-8-13(9-12(2)15(11)18-3)10-16-6-7-17-14-4-5-14/h8-9,14,16-17H,4-7,10H2,1-3H3. The summed E-state index contributed by atoms with van der Waals surface area (Å²) in [6.45, 7) is 7.23. The molecule has 0 bridgehead atoms. The minimum absolute atomic E-state index is 0.803. The van der Waals surface area contributed by atoms with Gasteiger partial charge >= 0.3 is 0 Å². The molecule has 1 aliphatic rings. The Balaban J connectivity index is 1.77. The summed E-state index contributed by atoms with van der Waals surface area (Å²) in [4.78, 5) is 0. The van der Waals surface area contributed by atoms with Crippen molar-refractivity contribution in [1.29, 1.82) is 0 Å². The van der Waals surface area contributed by atoms with Gasteiger partial charge in [0, 0.05) is 25.7 Å². The molecule has 0 unspecified atom stereocenters. The first-order valence-electron chi connectivity index (χ1n) is 6.79. The Morgan fingerprint density at radius 3 is 2.39 bits per heavy atom. The van der Waals surface area contributed by atoms with Crippen LogP contribution in [0.25, 0.3) is 0 Å². The zero-order valence-corrected chi connectivity index (χ0v) is 11.7. The summed E-state index contributed by atoms with van der Waals surface area (Å²) >= 11 is 0. The zero-order valence-electron chi connectivity index (χ0n) is 11.7. The van der Waals surface area contributed by atoms with Gasteiger partial charge in [-0.3, -0.25) is 0 Å². The van der Waals surface area contributed by atoms with Crippen molar-refractivity contribution in [1.82, 2.24) is 10.6 Å². The van der Waals surface area contributed by atoms with E-state index < -0.39 is 0 Å². The van der Waals surface area contributed by atoms with E-state index in [4.69, 9.17) is 4.74 Å². The van der Waals surface area contributed by atoms with Gasteiger partial charge in [-0.1, -0.05) is 12.1 Å². The molecule has 1 aromatic carbocycles. The quantitative estimate of drug-likeness (QED) is 0.725. The van der Waals surface area contributed by atoms with E-state index in [9.17, 15) is 0 Å². The fourth-order valence-electron chi connectivity index (χ4n) is 2.35. The van der Waals surface area contributed by atoms with E-state index >= 15 is 0 Å². The molecule has 18 heavy (non-hydrogen) atoms. The van der Waals surface area contributed by atoms with Gasteiger partial charge in [0.1, 0.15) is 5.75 Å². The Morgan fingerprint density at radius 1 is 1.17 bits per heavy atom. The van der Waals surface area contributed by atoms with Crippen molar-refractivity contribution < 1.29 is 4.74 Å². The normalized spacial score (nSPS) is 14.8. The summed E-state index contributed by atoms with van der Waals surface area (Å²) in [5.74, 6) is 1.01. The molecule has 0 radical (unpaired) electrons. The summed E-state index contributed by atoms with van der Waals surface area (Å²) in [6, 6.07) is 5.21. The number of benzene rings is 1. The SMILES string of the molecule is COc1c(C)cc(CNCCNC2CC2)cc1C. The maximum atomic E-state index is 5.38. The number of methoxy groups -OCH3 is 1. The molecule has 2 rings (SSSR count). The largest absolute Gasteiger partial charge is 0.496 e. The van der Waals surface area contributed by atoms with E-state index in [0.29, 0.717) is 0 Å². The number of nitrogens with one attached hydrogen (secondary N) is 2. The van der Waals surface area contributed by atoms with Crippen LogP contribution in [0.1, 0.15) is 29.5 Å². The number of rotatable bonds is 7. The Kier molecular flexibility index (Phi) is 4.61. The molecule has 0 aromatic heterocycles. The third kappa shape index (κ3) is 3.72. The minimum Gasteiger partial charge on any atom is -0.496 e. The minimum atomic E-state index is 0.803. The van der Waals surface area contributed by atoms with Gasteiger partial charge in [0.25, 0.3) is 0 Å². The van der Waals surface area contributed by atoms with Crippen LogP contribution in [0.2, 0.25) is 0 Å². The van der Waals surface area contributed by atoms with Crippen LogP contribution >= 0.6 is 0 Å². The van der Waals surface area contributed by atoms with Gasteiger partial charge in [0.15, 0.2) is 0 Å². The fraction of sp³-hybridized carbons (Fsp3) is 0.600. The van der Waals surface area contributed by atoms with Crippen LogP contribution in [-0.2, 0) is 6.54 Å². The van der Waals surface area contributed by atoms with Gasteiger partial charge in [0.2, 0.25) is 0 Å². The highest BCUT2D eigenvalue weighted by Crippen LogP contribution is 2.24. The van der Waals surface area contributed by atoms with Crippen LogP contribution in [0.3, 0.4) is 0 Å². The van der Waals surface area contributed by atoms with Gasteiger partial charge in [-0.15, -0.1) is 0 Å². The van der Waals surface area contributed by atoms with E-state index in [-0.39, 0.29) is 0 Å². The molecular formula is C15H24N2O. The first-order chi connectivity index (χ1) is 8.70. The third-order valence-electron chi connectivity index (χ3n) is 3.37. The number of hydrogen-bond donors (Lipinski definition) is 2. The Bertz CT molecular complexity index is 376. The highest BCUT2D eigenvalue weighted by atomic mass is 16.5. The van der Waals surface area contributed by atoms with Crippen molar-refractivity contribution in [3.05, 3.63) is 28.8 Å². The van der Waals surface area contributed by atoms with Gasteiger partial charge in [-0.2, -0.15) is 0 Å². The molecule has 1 aromatic rings. The summed E-state index contributed by atoms with van der Waals surface area (Å²) in [7, 11) is 1.73. The molecule has 100 valence electrons. The third-order valence-corrected chi connectivity index (χ3v) is 3.37. The molecular weight excluding hydrogens is 224 g/mol. The lowest BCUT2D eigenvalue weighted by Gasteiger charge is -2.12. The Labute approximate surface area is 110 Å². The molecule has 0 spiro atoms. The van der Waals surface area contributed by atoms with Gasteiger partial charge < -0.3 is 15.4 Å². The van der Waals surface area contributed by atoms with Crippen LogP contribution in [0.4, 0.5) is 0 Å². The number of aryl methyl sites for hydroxylation is 2. The summed E-state index contributed by atoms with van der Waals surface area (Å²) in [5, 5.41) is 6.97. The van der Waals surface area contributed by atoms with Crippen LogP contribution in [-0.4, -0.2) is 26.2 Å². The van der Waals surface area contributed by atoms with Crippen molar-refractivity contribution in [3.63, 3.8) is 0 Å². The average Bonchev–Trinajstić information content (AvgIpc) is 3.12. The van der Waals surface area contributed by atoms with Crippen molar-refractivity contribution in [3.8, 4) is 5.75 Å². The molecule has 1 saturated carbocycles. The average molecular weight is 248 g/mol. The number of hydrogen-bond acceptors (Lipinski definition) is 3. The predicted octanol–water partition coefficient (Wildman–Crippen LogP) is 2.15. The van der Waals surface area contributed by atoms with E-state index in [1.54, 1.807) is 7.11 Å². The molecule has 3 heteroatoms. The Morgan fingerprint density at radius 2 is 1.83 bits per heavy atom. The Hall–Kier alpha value is -1.06. The van der Waals surface area contributed by atoms with Crippen molar-refractivity contribution in [2.45, 2.75) is 39.3 Å². The molecule has 1 fully saturated rings. The lowest BCUT2D eigenvalue weighted by molar-refractivity contribution is 0.408. The van der Waals surface area contributed by atoms with Gasteiger partial charge in [-0.25, -0.2) is 0 Å². The van der Waals surface area contributed by atoms with Crippen molar-refractivity contribution >= 4 is 0 Å². The maximum Gasteiger partial charge on any atom is 0.124 e. The second kappa shape index (κ2) is 6.21. The zero-order chi connectivity index (χ0) is 13.0. The van der Waals surface area contributed by atoms with E-state index in [2.05, 4.69) is 36.6 Å². The topological polar surface area (TPSA) is 33.3 Å². The molecule has 0 saturated heterocycles. The second-order valence-electron chi connectivity index (χ2n) is 5.17. The number of ether oxygens (including phenoxy) is 1. The summed E-state index contributed by atoms with van der Waals surface area (Å²) in [6.07, 6.45) is 2.72. The highest BCUT2D eigenvalue weighted by molar-refractivity contribution is 5.43.